The largest absolute Gasteiger partial charge is 0.491 e. The lowest BCUT2D eigenvalue weighted by Gasteiger charge is -2.33. The Morgan fingerprint density at radius 2 is 1.85 bits per heavy atom. The Morgan fingerprint density at radius 1 is 1.23 bits per heavy atom. The van der Waals surface area contributed by atoms with E-state index in [-0.39, 0.29) is 36.5 Å². The molecule has 1 aromatic carbocycles. The van der Waals surface area contributed by atoms with Gasteiger partial charge in [-0.05, 0) is 44.2 Å². The Labute approximate surface area is 164 Å². The molecule has 0 spiro atoms. The number of carbonyl (C=O) groups is 1. The van der Waals surface area contributed by atoms with Crippen molar-refractivity contribution in [3.63, 3.8) is 0 Å². The first-order valence-electron chi connectivity index (χ1n) is 9.05. The molecule has 0 saturated heterocycles. The van der Waals surface area contributed by atoms with Crippen molar-refractivity contribution < 1.29 is 13.9 Å². The van der Waals surface area contributed by atoms with Crippen LogP contribution in [-0.2, 0) is 0 Å². The van der Waals surface area contributed by atoms with Gasteiger partial charge in [-0.1, -0.05) is 51.5 Å². The van der Waals surface area contributed by atoms with Gasteiger partial charge in [-0.2, -0.15) is 0 Å². The molecule has 1 aromatic rings. The number of hydrogen-bond donors (Lipinski definition) is 1. The quantitative estimate of drug-likeness (QED) is 0.432. The molecule has 1 rings (SSSR count). The van der Waals surface area contributed by atoms with Gasteiger partial charge in [0.25, 0.3) is 5.91 Å². The van der Waals surface area contributed by atoms with Crippen LogP contribution in [0.25, 0.3) is 0 Å². The number of nitrogens with one attached hydrogen (secondary N) is 1. The number of rotatable bonds is 8. The minimum atomic E-state index is -0.581. The molecule has 0 aliphatic heterocycles. The van der Waals surface area contributed by atoms with Gasteiger partial charge in [-0.15, -0.1) is 0 Å². The van der Waals surface area contributed by atoms with Gasteiger partial charge < -0.3 is 10.1 Å². The van der Waals surface area contributed by atoms with E-state index in [0.29, 0.717) is 6.61 Å². The maximum absolute atomic E-state index is 13.9. The van der Waals surface area contributed by atoms with Crippen LogP contribution in [0.5, 0.6) is 5.75 Å². The normalized spacial score (nSPS) is 12.4. The highest BCUT2D eigenvalue weighted by Gasteiger charge is 2.29. The summed E-state index contributed by atoms with van der Waals surface area (Å²) in [7, 11) is -0.340. The topological polar surface area (TPSA) is 38.3 Å². The molecule has 0 fully saturated rings. The van der Waals surface area contributed by atoms with Gasteiger partial charge in [-0.25, -0.2) is 4.39 Å². The van der Waals surface area contributed by atoms with Crippen molar-refractivity contribution in [1.82, 2.24) is 5.32 Å². The lowest BCUT2D eigenvalue weighted by Crippen LogP contribution is -2.45. The summed E-state index contributed by atoms with van der Waals surface area (Å²) in [6, 6.07) is 3.74. The first-order valence-corrected chi connectivity index (χ1v) is 12.1. The molecule has 0 aliphatic carbocycles. The summed E-state index contributed by atoms with van der Waals surface area (Å²) in [5, 5.41) is 2.90. The molecule has 0 aromatic heterocycles. The van der Waals surface area contributed by atoms with E-state index < -0.39 is 11.4 Å². The van der Waals surface area contributed by atoms with Crippen LogP contribution in [0.15, 0.2) is 12.1 Å². The van der Waals surface area contributed by atoms with E-state index >= 15 is 0 Å². The maximum Gasteiger partial charge on any atom is 0.255 e. The van der Waals surface area contributed by atoms with Gasteiger partial charge in [0.05, 0.1) is 12.2 Å². The van der Waals surface area contributed by atoms with E-state index in [1.165, 1.54) is 12.1 Å². The highest BCUT2D eigenvalue weighted by Crippen LogP contribution is 2.33. The van der Waals surface area contributed by atoms with Gasteiger partial charge in [0.2, 0.25) is 0 Å². The average molecular weight is 401 g/mol. The Morgan fingerprint density at radius 3 is 2.38 bits per heavy atom. The molecule has 26 heavy (non-hydrogen) atoms. The number of amides is 1. The van der Waals surface area contributed by atoms with E-state index in [1.807, 2.05) is 13.8 Å². The predicted molar refractivity (Wildman–Crippen MR) is 109 cm³/mol. The molecule has 0 saturated carbocycles. The first-order chi connectivity index (χ1) is 11.8. The van der Waals surface area contributed by atoms with Crippen molar-refractivity contribution >= 4 is 26.3 Å². The molecule has 1 radical (unpaired) electrons. The highest BCUT2D eigenvalue weighted by molar-refractivity contribution is 6.55. The second kappa shape index (κ2) is 9.22. The van der Waals surface area contributed by atoms with Gasteiger partial charge in [0, 0.05) is 14.3 Å². The zero-order valence-corrected chi connectivity index (χ0v) is 18.8. The molecule has 0 unspecified atom stereocenters. The third-order valence-electron chi connectivity index (χ3n) is 3.79. The Balaban J connectivity index is 2.96. The Hall–Kier alpha value is -1.07. The second-order valence-electron chi connectivity index (χ2n) is 8.97. The van der Waals surface area contributed by atoms with Gasteiger partial charge in [-0.3, -0.25) is 4.79 Å². The summed E-state index contributed by atoms with van der Waals surface area (Å²) < 4.78 is 19.6. The summed E-state index contributed by atoms with van der Waals surface area (Å²) in [5.41, 5.74) is -0.0669. The predicted octanol–water partition coefficient (Wildman–Crippen LogP) is 5.95. The zero-order chi connectivity index (χ0) is 20.1. The fourth-order valence-corrected chi connectivity index (χ4v) is 4.27. The van der Waals surface area contributed by atoms with Crippen LogP contribution >= 0.6 is 11.6 Å². The summed E-state index contributed by atoms with van der Waals surface area (Å²) in [6.45, 7) is 15.2. The number of benzene rings is 1. The van der Waals surface area contributed by atoms with Crippen LogP contribution in [-0.4, -0.2) is 26.8 Å². The molecule has 1 amide bonds. The molecule has 0 heterocycles. The average Bonchev–Trinajstić information content (AvgIpc) is 2.44. The smallest absolute Gasteiger partial charge is 0.255 e. The van der Waals surface area contributed by atoms with Crippen LogP contribution in [0.2, 0.25) is 24.2 Å². The minimum absolute atomic E-state index is 0.0657. The molecule has 0 atom stereocenters. The first kappa shape index (κ1) is 23.0. The minimum Gasteiger partial charge on any atom is -0.491 e. The van der Waals surface area contributed by atoms with Crippen LogP contribution in [0, 0.1) is 11.2 Å². The van der Waals surface area contributed by atoms with E-state index in [1.54, 1.807) is 0 Å². The van der Waals surface area contributed by atoms with E-state index in [9.17, 15) is 9.18 Å². The van der Waals surface area contributed by atoms with Gasteiger partial charge >= 0.3 is 0 Å². The van der Waals surface area contributed by atoms with Crippen LogP contribution in [0.3, 0.4) is 0 Å². The number of halogens is 2. The van der Waals surface area contributed by atoms with Crippen LogP contribution in [0.4, 0.5) is 4.39 Å². The monoisotopic (exact) mass is 400 g/mol. The van der Waals surface area contributed by atoms with Crippen molar-refractivity contribution in [1.29, 1.82) is 0 Å². The van der Waals surface area contributed by atoms with Crippen LogP contribution in [0.1, 0.15) is 57.8 Å². The number of ether oxygens (including phenoxy) is 1. The molecular formula is C20H32ClFNO2Si. The highest BCUT2D eigenvalue weighted by atomic mass is 35.5. The molecule has 147 valence electrons. The Bertz CT molecular complexity index is 627. The van der Waals surface area contributed by atoms with E-state index in [0.717, 1.165) is 18.9 Å². The molecule has 3 nitrogen and oxygen atoms in total. The summed E-state index contributed by atoms with van der Waals surface area (Å²) in [5.74, 6) is -0.744. The van der Waals surface area contributed by atoms with Crippen molar-refractivity contribution in [2.45, 2.75) is 72.1 Å². The van der Waals surface area contributed by atoms with E-state index in [4.69, 9.17) is 16.3 Å². The van der Waals surface area contributed by atoms with Crippen molar-refractivity contribution in [2.75, 3.05) is 6.61 Å². The lowest BCUT2D eigenvalue weighted by atomic mass is 9.81. The van der Waals surface area contributed by atoms with Gasteiger partial charge in [0.15, 0.2) is 5.75 Å². The fraction of sp³-hybridized carbons (Fsp3) is 0.650. The van der Waals surface area contributed by atoms with Gasteiger partial charge in [0.1, 0.15) is 10.8 Å². The second-order valence-corrected chi connectivity index (χ2v) is 12.3. The molecular weight excluding hydrogens is 369 g/mol. The lowest BCUT2D eigenvalue weighted by molar-refractivity contribution is 0.0887. The van der Waals surface area contributed by atoms with E-state index in [2.05, 4.69) is 39.2 Å². The molecule has 1 N–H and O–H groups in total. The summed E-state index contributed by atoms with van der Waals surface area (Å²) in [4.78, 5) is 12.8. The molecule has 0 bridgehead atoms. The van der Waals surface area contributed by atoms with Crippen molar-refractivity contribution in [3.05, 3.63) is 28.5 Å². The number of carbonyl (C=O) groups excluding carboxylic acids is 1. The third-order valence-corrected chi connectivity index (χ3v) is 5.49. The standard InChI is InChI=1S/C20H32ClFNO2Si/c1-19(2,3)13-20(4,5)23-18(24)14-9-10-15(22)16(21)17(14)25-11-8-12-26(6)7/h9-10H,8,11-13H2,1-7H3,(H,23,24). The van der Waals surface area contributed by atoms with Crippen molar-refractivity contribution in [3.8, 4) is 5.75 Å². The summed E-state index contributed by atoms with van der Waals surface area (Å²) in [6.07, 6.45) is 1.67. The molecule has 0 aliphatic rings. The zero-order valence-electron chi connectivity index (χ0n) is 17.1. The Kier molecular flexibility index (Phi) is 8.15. The molecule has 6 heteroatoms. The SMILES string of the molecule is C[Si](C)CCCOc1c(C(=O)NC(C)(C)CC(C)(C)C)ccc(F)c1Cl. The maximum atomic E-state index is 13.9. The fourth-order valence-electron chi connectivity index (χ4n) is 3.20. The van der Waals surface area contributed by atoms with Crippen molar-refractivity contribution in [2.24, 2.45) is 5.41 Å². The van der Waals surface area contributed by atoms with Crippen LogP contribution < -0.4 is 10.1 Å². The summed E-state index contributed by atoms with van der Waals surface area (Å²) >= 11 is 6.09. The third kappa shape index (κ3) is 7.66. The number of hydrogen-bond acceptors (Lipinski definition) is 2.